The number of aryl methyl sites for hydroxylation is 1. The minimum Gasteiger partial charge on any atom is -0.497 e. The Kier molecular flexibility index (Phi) is 3.70. The molecule has 0 saturated heterocycles. The van der Waals surface area contributed by atoms with E-state index in [0.717, 1.165) is 18.0 Å². The van der Waals surface area contributed by atoms with Gasteiger partial charge < -0.3 is 4.74 Å². The van der Waals surface area contributed by atoms with Crippen molar-refractivity contribution >= 4 is 0 Å². The Hall–Kier alpha value is -1.77. The number of ether oxygens (including phenoxy) is 1. The predicted molar refractivity (Wildman–Crippen MR) is 73.1 cm³/mol. The molecular weight excluding hydrogens is 224 g/mol. The maximum Gasteiger partial charge on any atom is 0.118 e. The second-order valence-corrected chi connectivity index (χ2v) is 4.87. The number of hydrogen-bond donors (Lipinski definition) is 0. The van der Waals surface area contributed by atoms with Crippen LogP contribution >= 0.6 is 0 Å². The summed E-state index contributed by atoms with van der Waals surface area (Å²) in [6.07, 6.45) is 2.14. The highest BCUT2D eigenvalue weighted by Gasteiger charge is 2.08. The molecular formula is C15H20N2O. The van der Waals surface area contributed by atoms with Crippen LogP contribution in [-0.4, -0.2) is 16.9 Å². The van der Waals surface area contributed by atoms with Crippen LogP contribution in [-0.2, 0) is 6.54 Å². The van der Waals surface area contributed by atoms with Crippen LogP contribution in [0.25, 0.3) is 0 Å². The molecule has 0 unspecified atom stereocenters. The lowest BCUT2D eigenvalue weighted by Gasteiger charge is -2.04. The van der Waals surface area contributed by atoms with Crippen molar-refractivity contribution in [1.82, 2.24) is 9.78 Å². The summed E-state index contributed by atoms with van der Waals surface area (Å²) < 4.78 is 7.16. The van der Waals surface area contributed by atoms with Gasteiger partial charge in [0.2, 0.25) is 0 Å². The fourth-order valence-corrected chi connectivity index (χ4v) is 2.10. The highest BCUT2D eigenvalue weighted by atomic mass is 16.5. The zero-order chi connectivity index (χ0) is 13.1. The van der Waals surface area contributed by atoms with Crippen LogP contribution < -0.4 is 4.74 Å². The van der Waals surface area contributed by atoms with Gasteiger partial charge in [-0.05, 0) is 36.1 Å². The third kappa shape index (κ3) is 2.73. The van der Waals surface area contributed by atoms with Gasteiger partial charge in [-0.3, -0.25) is 4.68 Å². The lowest BCUT2D eigenvalue weighted by atomic mass is 10.1. The smallest absolute Gasteiger partial charge is 0.118 e. The van der Waals surface area contributed by atoms with Crippen LogP contribution in [0.1, 0.15) is 36.6 Å². The van der Waals surface area contributed by atoms with Gasteiger partial charge in [0.05, 0.1) is 19.3 Å². The first-order valence-electron chi connectivity index (χ1n) is 6.27. The molecule has 0 fully saturated rings. The van der Waals surface area contributed by atoms with Gasteiger partial charge in [0.1, 0.15) is 5.75 Å². The average Bonchev–Trinajstić information content (AvgIpc) is 2.71. The zero-order valence-corrected chi connectivity index (χ0v) is 11.5. The number of rotatable bonds is 4. The Morgan fingerprint density at radius 2 is 1.89 bits per heavy atom. The molecule has 0 N–H and O–H groups in total. The molecule has 0 spiro atoms. The normalized spacial score (nSPS) is 10.9. The Morgan fingerprint density at radius 3 is 2.39 bits per heavy atom. The van der Waals surface area contributed by atoms with E-state index in [1.54, 1.807) is 7.11 Å². The number of methoxy groups -OCH3 is 1. The van der Waals surface area contributed by atoms with E-state index in [1.165, 1.54) is 11.1 Å². The molecule has 0 saturated carbocycles. The maximum atomic E-state index is 5.15. The molecule has 2 aromatic rings. The minimum absolute atomic E-state index is 0.523. The average molecular weight is 244 g/mol. The third-order valence-electron chi connectivity index (χ3n) is 3.11. The number of aromatic nitrogens is 2. The van der Waals surface area contributed by atoms with Crippen LogP contribution in [0.4, 0.5) is 0 Å². The molecule has 0 bridgehead atoms. The molecule has 96 valence electrons. The van der Waals surface area contributed by atoms with Crippen molar-refractivity contribution in [3.8, 4) is 5.75 Å². The van der Waals surface area contributed by atoms with E-state index in [1.807, 2.05) is 16.8 Å². The Bertz CT molecular complexity index is 512. The molecule has 0 aliphatic rings. The van der Waals surface area contributed by atoms with Crippen molar-refractivity contribution in [2.24, 2.45) is 0 Å². The number of hydrogen-bond acceptors (Lipinski definition) is 2. The monoisotopic (exact) mass is 244 g/mol. The molecule has 0 radical (unpaired) electrons. The molecule has 1 aromatic heterocycles. The largest absolute Gasteiger partial charge is 0.497 e. The Balaban J connectivity index is 2.15. The lowest BCUT2D eigenvalue weighted by molar-refractivity contribution is 0.414. The van der Waals surface area contributed by atoms with E-state index in [0.29, 0.717) is 5.92 Å². The molecule has 1 heterocycles. The zero-order valence-electron chi connectivity index (χ0n) is 11.5. The highest BCUT2D eigenvalue weighted by Crippen LogP contribution is 2.18. The lowest BCUT2D eigenvalue weighted by Crippen LogP contribution is -2.00. The molecule has 1 aromatic carbocycles. The molecule has 0 amide bonds. The Labute approximate surface area is 108 Å². The SMILES string of the molecule is COc1ccc(Cn2cc(C(C)C)c(C)n2)cc1. The Morgan fingerprint density at radius 1 is 1.22 bits per heavy atom. The topological polar surface area (TPSA) is 27.1 Å². The van der Waals surface area contributed by atoms with Gasteiger partial charge in [-0.2, -0.15) is 5.10 Å². The molecule has 3 nitrogen and oxygen atoms in total. The summed E-state index contributed by atoms with van der Waals surface area (Å²) in [4.78, 5) is 0. The number of benzene rings is 1. The molecule has 3 heteroatoms. The quantitative estimate of drug-likeness (QED) is 0.824. The molecule has 18 heavy (non-hydrogen) atoms. The van der Waals surface area contributed by atoms with Crippen molar-refractivity contribution in [1.29, 1.82) is 0 Å². The summed E-state index contributed by atoms with van der Waals surface area (Å²) in [5.41, 5.74) is 3.68. The summed E-state index contributed by atoms with van der Waals surface area (Å²) in [6.45, 7) is 7.26. The van der Waals surface area contributed by atoms with E-state index >= 15 is 0 Å². The number of nitrogens with zero attached hydrogens (tertiary/aromatic N) is 2. The fraction of sp³-hybridized carbons (Fsp3) is 0.400. The van der Waals surface area contributed by atoms with Crippen LogP contribution in [0.5, 0.6) is 5.75 Å². The van der Waals surface area contributed by atoms with Gasteiger partial charge in [-0.25, -0.2) is 0 Å². The second-order valence-electron chi connectivity index (χ2n) is 4.87. The van der Waals surface area contributed by atoms with Crippen LogP contribution in [0.15, 0.2) is 30.5 Å². The van der Waals surface area contributed by atoms with Gasteiger partial charge in [-0.15, -0.1) is 0 Å². The summed E-state index contributed by atoms with van der Waals surface area (Å²) in [7, 11) is 1.68. The van der Waals surface area contributed by atoms with Crippen molar-refractivity contribution in [3.63, 3.8) is 0 Å². The summed E-state index contributed by atoms with van der Waals surface area (Å²) in [6, 6.07) is 8.11. The second kappa shape index (κ2) is 5.25. The molecule has 0 atom stereocenters. The van der Waals surface area contributed by atoms with E-state index in [9.17, 15) is 0 Å². The first kappa shape index (κ1) is 12.7. The summed E-state index contributed by atoms with van der Waals surface area (Å²) in [5, 5.41) is 4.56. The van der Waals surface area contributed by atoms with Crippen molar-refractivity contribution in [3.05, 3.63) is 47.3 Å². The van der Waals surface area contributed by atoms with E-state index < -0.39 is 0 Å². The summed E-state index contributed by atoms with van der Waals surface area (Å²) >= 11 is 0. The van der Waals surface area contributed by atoms with E-state index in [4.69, 9.17) is 4.74 Å². The maximum absolute atomic E-state index is 5.15. The standard InChI is InChI=1S/C15H20N2O/c1-11(2)15-10-17(16-12(15)3)9-13-5-7-14(18-4)8-6-13/h5-8,10-11H,9H2,1-4H3. The van der Waals surface area contributed by atoms with Crippen LogP contribution in [0.3, 0.4) is 0 Å². The van der Waals surface area contributed by atoms with Gasteiger partial charge in [-0.1, -0.05) is 26.0 Å². The highest BCUT2D eigenvalue weighted by molar-refractivity contribution is 5.27. The molecule has 0 aliphatic heterocycles. The summed E-state index contributed by atoms with van der Waals surface area (Å²) in [5.74, 6) is 1.41. The van der Waals surface area contributed by atoms with E-state index in [-0.39, 0.29) is 0 Å². The fourth-order valence-electron chi connectivity index (χ4n) is 2.10. The van der Waals surface area contributed by atoms with Gasteiger partial charge in [0, 0.05) is 6.20 Å². The first-order valence-corrected chi connectivity index (χ1v) is 6.27. The van der Waals surface area contributed by atoms with Gasteiger partial charge >= 0.3 is 0 Å². The molecule has 2 rings (SSSR count). The minimum atomic E-state index is 0.523. The van der Waals surface area contributed by atoms with Gasteiger partial charge in [0.15, 0.2) is 0 Å². The van der Waals surface area contributed by atoms with Crippen LogP contribution in [0, 0.1) is 6.92 Å². The third-order valence-corrected chi connectivity index (χ3v) is 3.11. The molecule has 0 aliphatic carbocycles. The van der Waals surface area contributed by atoms with Crippen molar-refractivity contribution < 1.29 is 4.74 Å². The predicted octanol–water partition coefficient (Wildman–Crippen LogP) is 3.37. The first-order chi connectivity index (χ1) is 8.60. The van der Waals surface area contributed by atoms with Crippen molar-refractivity contribution in [2.75, 3.05) is 7.11 Å². The van der Waals surface area contributed by atoms with Gasteiger partial charge in [0.25, 0.3) is 0 Å². The van der Waals surface area contributed by atoms with Crippen molar-refractivity contribution in [2.45, 2.75) is 33.2 Å². The van der Waals surface area contributed by atoms with Crippen LogP contribution in [0.2, 0.25) is 0 Å². The van der Waals surface area contributed by atoms with E-state index in [2.05, 4.69) is 44.2 Å².